The molecule has 94 valence electrons. The van der Waals surface area contributed by atoms with Crippen LogP contribution >= 0.6 is 0 Å². The summed E-state index contributed by atoms with van der Waals surface area (Å²) in [5.74, 6) is 1.05. The average Bonchev–Trinajstić information content (AvgIpc) is 2.88. The summed E-state index contributed by atoms with van der Waals surface area (Å²) in [5, 5.41) is 3.72. The molecule has 17 heavy (non-hydrogen) atoms. The second-order valence-electron chi connectivity index (χ2n) is 5.58. The zero-order valence-electron chi connectivity index (χ0n) is 10.7. The van der Waals surface area contributed by atoms with E-state index in [4.69, 9.17) is 0 Å². The highest BCUT2D eigenvalue weighted by molar-refractivity contribution is 4.99. The molecule has 0 aromatic carbocycles. The monoisotopic (exact) mass is 234 g/mol. The van der Waals surface area contributed by atoms with E-state index in [0.29, 0.717) is 12.1 Å². The Balaban J connectivity index is 1.60. The van der Waals surface area contributed by atoms with E-state index in [1.807, 2.05) is 12.4 Å². The average molecular weight is 234 g/mol. The van der Waals surface area contributed by atoms with Crippen LogP contribution in [0.2, 0.25) is 0 Å². The van der Waals surface area contributed by atoms with Gasteiger partial charge in [0.15, 0.2) is 0 Å². The third kappa shape index (κ3) is 2.11. The number of nitrogens with zero attached hydrogens (tertiary/aromatic N) is 2. The van der Waals surface area contributed by atoms with E-state index in [1.165, 1.54) is 25.7 Å². The number of aromatic amines is 1. The minimum Gasteiger partial charge on any atom is -0.347 e. The lowest BCUT2D eigenvalue weighted by molar-refractivity contribution is 0.143. The molecule has 4 nitrogen and oxygen atoms in total. The van der Waals surface area contributed by atoms with E-state index in [9.17, 15) is 0 Å². The molecule has 0 amide bonds. The summed E-state index contributed by atoms with van der Waals surface area (Å²) in [4.78, 5) is 10.1. The zero-order valence-corrected chi connectivity index (χ0v) is 10.7. The zero-order chi connectivity index (χ0) is 11.8. The first-order valence-electron chi connectivity index (χ1n) is 6.71. The van der Waals surface area contributed by atoms with E-state index in [-0.39, 0.29) is 0 Å². The maximum absolute atomic E-state index is 4.32. The van der Waals surface area contributed by atoms with Gasteiger partial charge < -0.3 is 15.2 Å². The van der Waals surface area contributed by atoms with Crippen LogP contribution in [0.15, 0.2) is 12.4 Å². The standard InChI is InChI=1S/C13H22N4/c1-9(13-14-5-6-15-13)16-10-7-11-3-4-12(8-10)17(11)2/h5-6,9-12,16H,3-4,7-8H2,1-2H3,(H,14,15). The number of hydrogen-bond acceptors (Lipinski definition) is 3. The summed E-state index contributed by atoms with van der Waals surface area (Å²) in [6.07, 6.45) is 9.07. The third-order valence-corrected chi connectivity index (χ3v) is 4.51. The molecule has 2 aliphatic heterocycles. The summed E-state index contributed by atoms with van der Waals surface area (Å²) in [5.41, 5.74) is 0. The highest BCUT2D eigenvalue weighted by Gasteiger charge is 2.38. The summed E-state index contributed by atoms with van der Waals surface area (Å²) >= 11 is 0. The molecule has 2 bridgehead atoms. The Labute approximate surface area is 103 Å². The highest BCUT2D eigenvalue weighted by Crippen LogP contribution is 2.34. The van der Waals surface area contributed by atoms with Crippen molar-refractivity contribution in [3.8, 4) is 0 Å². The Hall–Kier alpha value is -0.870. The first-order chi connectivity index (χ1) is 8.24. The number of H-pyrrole nitrogens is 1. The fourth-order valence-corrected chi connectivity index (χ4v) is 3.49. The van der Waals surface area contributed by atoms with Crippen LogP contribution in [0.5, 0.6) is 0 Å². The SMILES string of the molecule is CC(NC1CC2CCC(C1)N2C)c1ncc[nH]1. The van der Waals surface area contributed by atoms with Crippen molar-refractivity contribution in [1.29, 1.82) is 0 Å². The molecule has 3 unspecified atom stereocenters. The van der Waals surface area contributed by atoms with Crippen molar-refractivity contribution in [1.82, 2.24) is 20.2 Å². The minimum atomic E-state index is 0.331. The maximum Gasteiger partial charge on any atom is 0.122 e. The van der Waals surface area contributed by atoms with Crippen LogP contribution in [0.4, 0.5) is 0 Å². The lowest BCUT2D eigenvalue weighted by Gasteiger charge is -2.37. The predicted octanol–water partition coefficient (Wildman–Crippen LogP) is 1.69. The van der Waals surface area contributed by atoms with E-state index >= 15 is 0 Å². The molecule has 0 spiro atoms. The maximum atomic E-state index is 4.32. The van der Waals surface area contributed by atoms with Crippen LogP contribution in [0.25, 0.3) is 0 Å². The van der Waals surface area contributed by atoms with Gasteiger partial charge in [0.25, 0.3) is 0 Å². The van der Waals surface area contributed by atoms with Crippen molar-refractivity contribution in [2.24, 2.45) is 0 Å². The normalized spacial score (nSPS) is 35.1. The summed E-state index contributed by atoms with van der Waals surface area (Å²) in [6.45, 7) is 2.19. The molecule has 3 rings (SSSR count). The van der Waals surface area contributed by atoms with Gasteiger partial charge in [-0.05, 0) is 39.7 Å². The molecule has 2 saturated heterocycles. The van der Waals surface area contributed by atoms with Crippen LogP contribution < -0.4 is 5.32 Å². The Morgan fingerprint density at radius 1 is 1.41 bits per heavy atom. The number of aromatic nitrogens is 2. The summed E-state index contributed by atoms with van der Waals surface area (Å²) in [6, 6.07) is 2.59. The summed E-state index contributed by atoms with van der Waals surface area (Å²) < 4.78 is 0. The number of imidazole rings is 1. The Morgan fingerprint density at radius 2 is 2.12 bits per heavy atom. The van der Waals surface area contributed by atoms with Gasteiger partial charge in [0.1, 0.15) is 5.82 Å². The summed E-state index contributed by atoms with van der Waals surface area (Å²) in [7, 11) is 2.29. The second-order valence-corrected chi connectivity index (χ2v) is 5.58. The third-order valence-electron chi connectivity index (χ3n) is 4.51. The Morgan fingerprint density at radius 3 is 2.71 bits per heavy atom. The highest BCUT2D eigenvalue weighted by atomic mass is 15.2. The minimum absolute atomic E-state index is 0.331. The Kier molecular flexibility index (Phi) is 2.92. The molecule has 4 heteroatoms. The van der Waals surface area contributed by atoms with Gasteiger partial charge in [-0.25, -0.2) is 4.98 Å². The van der Waals surface area contributed by atoms with E-state index in [2.05, 4.69) is 34.2 Å². The lowest BCUT2D eigenvalue weighted by atomic mass is 9.97. The number of nitrogens with one attached hydrogen (secondary N) is 2. The smallest absolute Gasteiger partial charge is 0.122 e. The van der Waals surface area contributed by atoms with E-state index in [1.54, 1.807) is 0 Å². The van der Waals surface area contributed by atoms with Gasteiger partial charge in [0.2, 0.25) is 0 Å². The van der Waals surface area contributed by atoms with Crippen LogP contribution in [0.1, 0.15) is 44.5 Å². The molecule has 3 atom stereocenters. The molecule has 2 N–H and O–H groups in total. The quantitative estimate of drug-likeness (QED) is 0.836. The van der Waals surface area contributed by atoms with Crippen LogP contribution in [-0.2, 0) is 0 Å². The molecule has 2 fully saturated rings. The van der Waals surface area contributed by atoms with E-state index < -0.39 is 0 Å². The molecule has 1 aromatic heterocycles. The molecule has 1 aromatic rings. The van der Waals surface area contributed by atoms with Crippen molar-refractivity contribution in [2.75, 3.05) is 7.05 Å². The molecule has 0 aliphatic carbocycles. The van der Waals surface area contributed by atoms with Crippen molar-refractivity contribution in [3.63, 3.8) is 0 Å². The first kappa shape index (κ1) is 11.2. The van der Waals surface area contributed by atoms with Gasteiger partial charge in [0.05, 0.1) is 6.04 Å². The van der Waals surface area contributed by atoms with Gasteiger partial charge in [0, 0.05) is 30.5 Å². The fourth-order valence-electron chi connectivity index (χ4n) is 3.49. The van der Waals surface area contributed by atoms with Gasteiger partial charge >= 0.3 is 0 Å². The van der Waals surface area contributed by atoms with Crippen LogP contribution in [0.3, 0.4) is 0 Å². The molecular formula is C13H22N4. The van der Waals surface area contributed by atoms with Gasteiger partial charge in [-0.2, -0.15) is 0 Å². The first-order valence-corrected chi connectivity index (χ1v) is 6.71. The van der Waals surface area contributed by atoms with Crippen LogP contribution in [0, 0.1) is 0 Å². The van der Waals surface area contributed by atoms with Crippen molar-refractivity contribution in [2.45, 2.75) is 56.8 Å². The van der Waals surface area contributed by atoms with Crippen molar-refractivity contribution < 1.29 is 0 Å². The lowest BCUT2D eigenvalue weighted by Crippen LogP contribution is -2.47. The molecule has 0 saturated carbocycles. The fraction of sp³-hybridized carbons (Fsp3) is 0.769. The topological polar surface area (TPSA) is 44.0 Å². The molecular weight excluding hydrogens is 212 g/mol. The van der Waals surface area contributed by atoms with Crippen LogP contribution in [-0.4, -0.2) is 40.0 Å². The van der Waals surface area contributed by atoms with E-state index in [0.717, 1.165) is 17.9 Å². The van der Waals surface area contributed by atoms with Gasteiger partial charge in [-0.1, -0.05) is 0 Å². The van der Waals surface area contributed by atoms with Gasteiger partial charge in [-0.3, -0.25) is 0 Å². The number of rotatable bonds is 3. The predicted molar refractivity (Wildman–Crippen MR) is 67.7 cm³/mol. The second kappa shape index (κ2) is 4.42. The molecule has 0 radical (unpaired) electrons. The van der Waals surface area contributed by atoms with Gasteiger partial charge in [-0.15, -0.1) is 0 Å². The Bertz CT molecular complexity index is 348. The number of hydrogen-bond donors (Lipinski definition) is 2. The number of piperidine rings is 1. The molecule has 3 heterocycles. The largest absolute Gasteiger partial charge is 0.347 e. The number of fused-ring (bicyclic) bond motifs is 2. The van der Waals surface area contributed by atoms with Crippen molar-refractivity contribution >= 4 is 0 Å². The van der Waals surface area contributed by atoms with Crippen molar-refractivity contribution in [3.05, 3.63) is 18.2 Å². The molecule has 2 aliphatic rings.